The number of benzene rings is 2. The van der Waals surface area contributed by atoms with E-state index in [-0.39, 0.29) is 16.4 Å². The standard InChI is InChI=1S/C17H14FNO3/c18-14-3-1-2-13-16(20)12-5-4-11(10-15(12)22-17(13)14)19-6-8-21-9-7-19/h1-5,10H,6-9H2. The molecule has 1 aromatic heterocycles. The second-order valence-electron chi connectivity index (χ2n) is 5.33. The lowest BCUT2D eigenvalue weighted by molar-refractivity contribution is 0.122. The van der Waals surface area contributed by atoms with Gasteiger partial charge in [-0.05, 0) is 24.3 Å². The van der Waals surface area contributed by atoms with Crippen LogP contribution in [-0.2, 0) is 4.74 Å². The fourth-order valence-electron chi connectivity index (χ4n) is 2.85. The normalized spacial score (nSPS) is 15.6. The van der Waals surface area contributed by atoms with Crippen LogP contribution in [0, 0.1) is 5.82 Å². The first kappa shape index (κ1) is 13.3. The smallest absolute Gasteiger partial charge is 0.200 e. The molecule has 112 valence electrons. The van der Waals surface area contributed by atoms with Gasteiger partial charge >= 0.3 is 0 Å². The topological polar surface area (TPSA) is 42.7 Å². The highest BCUT2D eigenvalue weighted by atomic mass is 19.1. The van der Waals surface area contributed by atoms with Crippen LogP contribution < -0.4 is 10.3 Å². The molecule has 22 heavy (non-hydrogen) atoms. The highest BCUT2D eigenvalue weighted by molar-refractivity contribution is 5.91. The van der Waals surface area contributed by atoms with E-state index in [1.54, 1.807) is 18.2 Å². The van der Waals surface area contributed by atoms with Crippen molar-refractivity contribution in [3.8, 4) is 0 Å². The van der Waals surface area contributed by atoms with Gasteiger partial charge in [0.25, 0.3) is 0 Å². The third kappa shape index (κ3) is 2.05. The van der Waals surface area contributed by atoms with Gasteiger partial charge in [0.05, 0.1) is 24.0 Å². The minimum Gasteiger partial charge on any atom is -0.453 e. The molecule has 2 heterocycles. The average molecular weight is 299 g/mol. The SMILES string of the molecule is O=c1c2ccc(N3CCOCC3)cc2oc2c(F)cccc12. The Bertz CT molecular complexity index is 913. The maximum absolute atomic E-state index is 13.9. The van der Waals surface area contributed by atoms with Crippen LogP contribution in [0.1, 0.15) is 0 Å². The molecule has 0 spiro atoms. The van der Waals surface area contributed by atoms with E-state index in [0.29, 0.717) is 24.2 Å². The van der Waals surface area contributed by atoms with Crippen LogP contribution in [0.3, 0.4) is 0 Å². The van der Waals surface area contributed by atoms with Crippen molar-refractivity contribution in [2.24, 2.45) is 0 Å². The number of hydrogen-bond donors (Lipinski definition) is 0. The van der Waals surface area contributed by atoms with Crippen molar-refractivity contribution in [1.82, 2.24) is 0 Å². The zero-order chi connectivity index (χ0) is 15.1. The predicted molar refractivity (Wildman–Crippen MR) is 83.0 cm³/mol. The van der Waals surface area contributed by atoms with Crippen LogP contribution in [-0.4, -0.2) is 26.3 Å². The summed E-state index contributed by atoms with van der Waals surface area (Å²) in [6, 6.07) is 9.84. The summed E-state index contributed by atoms with van der Waals surface area (Å²) in [4.78, 5) is 14.6. The molecule has 1 fully saturated rings. The van der Waals surface area contributed by atoms with E-state index in [9.17, 15) is 9.18 Å². The molecule has 1 aliphatic heterocycles. The lowest BCUT2D eigenvalue weighted by Gasteiger charge is -2.28. The summed E-state index contributed by atoms with van der Waals surface area (Å²) in [5, 5.41) is 0.738. The van der Waals surface area contributed by atoms with Crippen molar-refractivity contribution in [1.29, 1.82) is 0 Å². The molecule has 4 nitrogen and oxygen atoms in total. The van der Waals surface area contributed by atoms with Crippen molar-refractivity contribution >= 4 is 27.6 Å². The fraction of sp³-hybridized carbons (Fsp3) is 0.235. The van der Waals surface area contributed by atoms with Crippen LogP contribution in [0.2, 0.25) is 0 Å². The van der Waals surface area contributed by atoms with Gasteiger partial charge in [0, 0.05) is 24.8 Å². The molecule has 0 N–H and O–H groups in total. The molecule has 5 heteroatoms. The van der Waals surface area contributed by atoms with E-state index in [2.05, 4.69) is 4.90 Å². The Hall–Kier alpha value is -2.40. The molecule has 0 amide bonds. The van der Waals surface area contributed by atoms with Gasteiger partial charge in [-0.3, -0.25) is 4.79 Å². The number of para-hydroxylation sites is 1. The molecule has 0 radical (unpaired) electrons. The quantitative estimate of drug-likeness (QED) is 0.648. The molecular weight excluding hydrogens is 285 g/mol. The van der Waals surface area contributed by atoms with Gasteiger partial charge in [-0.1, -0.05) is 6.07 Å². The maximum atomic E-state index is 13.9. The van der Waals surface area contributed by atoms with E-state index >= 15 is 0 Å². The van der Waals surface area contributed by atoms with E-state index in [1.807, 2.05) is 6.07 Å². The first-order chi connectivity index (χ1) is 10.7. The van der Waals surface area contributed by atoms with E-state index in [1.165, 1.54) is 12.1 Å². The number of rotatable bonds is 1. The van der Waals surface area contributed by atoms with Gasteiger partial charge in [0.2, 0.25) is 5.43 Å². The first-order valence-corrected chi connectivity index (χ1v) is 7.22. The summed E-state index contributed by atoms with van der Waals surface area (Å²) in [6.45, 7) is 2.93. The summed E-state index contributed by atoms with van der Waals surface area (Å²) in [6.07, 6.45) is 0. The van der Waals surface area contributed by atoms with E-state index in [0.717, 1.165) is 18.8 Å². The zero-order valence-corrected chi connectivity index (χ0v) is 11.8. The largest absolute Gasteiger partial charge is 0.453 e. The van der Waals surface area contributed by atoms with Crippen molar-refractivity contribution in [3.63, 3.8) is 0 Å². The Kier molecular flexibility index (Phi) is 3.08. The molecule has 1 saturated heterocycles. The molecule has 0 aliphatic carbocycles. The number of fused-ring (bicyclic) bond motifs is 2. The van der Waals surface area contributed by atoms with Crippen molar-refractivity contribution in [2.45, 2.75) is 0 Å². The van der Waals surface area contributed by atoms with Gasteiger partial charge in [-0.15, -0.1) is 0 Å². The third-order valence-corrected chi connectivity index (χ3v) is 4.01. The molecule has 2 aromatic carbocycles. The summed E-state index contributed by atoms with van der Waals surface area (Å²) in [5.41, 5.74) is 1.17. The third-order valence-electron chi connectivity index (χ3n) is 4.01. The van der Waals surface area contributed by atoms with Crippen molar-refractivity contribution < 1.29 is 13.5 Å². The fourth-order valence-corrected chi connectivity index (χ4v) is 2.85. The van der Waals surface area contributed by atoms with Gasteiger partial charge in [0.15, 0.2) is 11.4 Å². The summed E-state index contributed by atoms with van der Waals surface area (Å²) >= 11 is 0. The van der Waals surface area contributed by atoms with Crippen LogP contribution >= 0.6 is 0 Å². The minimum atomic E-state index is -0.520. The molecule has 1 aliphatic rings. The Morgan fingerprint density at radius 1 is 1.05 bits per heavy atom. The monoisotopic (exact) mass is 299 g/mol. The minimum absolute atomic E-state index is 0.0131. The number of halogens is 1. The van der Waals surface area contributed by atoms with Gasteiger partial charge in [0.1, 0.15) is 5.58 Å². The zero-order valence-electron chi connectivity index (χ0n) is 11.8. The number of nitrogens with zero attached hydrogens (tertiary/aromatic N) is 1. The summed E-state index contributed by atoms with van der Waals surface area (Å²) in [5.74, 6) is -0.520. The Labute approximate surface area is 125 Å². The summed E-state index contributed by atoms with van der Waals surface area (Å²) < 4.78 is 24.9. The highest BCUT2D eigenvalue weighted by Crippen LogP contribution is 2.25. The number of ether oxygens (including phenoxy) is 1. The molecule has 0 saturated carbocycles. The molecule has 0 bridgehead atoms. The Balaban J connectivity index is 1.94. The number of anilines is 1. The highest BCUT2D eigenvalue weighted by Gasteiger charge is 2.15. The molecule has 0 atom stereocenters. The van der Waals surface area contributed by atoms with Crippen LogP contribution in [0.25, 0.3) is 21.9 Å². The molecule has 4 rings (SSSR count). The van der Waals surface area contributed by atoms with Crippen LogP contribution in [0.4, 0.5) is 10.1 Å². The first-order valence-electron chi connectivity index (χ1n) is 7.22. The lowest BCUT2D eigenvalue weighted by Crippen LogP contribution is -2.36. The van der Waals surface area contributed by atoms with Gasteiger partial charge < -0.3 is 14.1 Å². The van der Waals surface area contributed by atoms with E-state index in [4.69, 9.17) is 9.15 Å². The van der Waals surface area contributed by atoms with Crippen LogP contribution in [0.15, 0.2) is 45.6 Å². The second-order valence-corrected chi connectivity index (χ2v) is 5.33. The average Bonchev–Trinajstić information content (AvgIpc) is 2.56. The molecular formula is C17H14FNO3. The van der Waals surface area contributed by atoms with Gasteiger partial charge in [-0.2, -0.15) is 0 Å². The van der Waals surface area contributed by atoms with Gasteiger partial charge in [-0.25, -0.2) is 4.39 Å². The van der Waals surface area contributed by atoms with Crippen molar-refractivity contribution in [2.75, 3.05) is 31.2 Å². The maximum Gasteiger partial charge on any atom is 0.200 e. The van der Waals surface area contributed by atoms with Crippen LogP contribution in [0.5, 0.6) is 0 Å². The number of morpholine rings is 1. The molecule has 0 unspecified atom stereocenters. The summed E-state index contributed by atoms with van der Waals surface area (Å²) in [7, 11) is 0. The lowest BCUT2D eigenvalue weighted by atomic mass is 10.1. The number of hydrogen-bond acceptors (Lipinski definition) is 4. The predicted octanol–water partition coefficient (Wildman–Crippen LogP) is 2.92. The van der Waals surface area contributed by atoms with Crippen molar-refractivity contribution in [3.05, 3.63) is 52.4 Å². The van der Waals surface area contributed by atoms with E-state index < -0.39 is 5.82 Å². The Morgan fingerprint density at radius 3 is 2.68 bits per heavy atom. The second kappa shape index (κ2) is 5.10. The Morgan fingerprint density at radius 2 is 1.86 bits per heavy atom. The molecule has 3 aromatic rings.